The van der Waals surface area contributed by atoms with Gasteiger partial charge in [-0.2, -0.15) is 0 Å². The molecule has 0 amide bonds. The number of rotatable bonds is 80. The fourth-order valence-corrected chi connectivity index (χ4v) is 14.4. The van der Waals surface area contributed by atoms with Gasteiger partial charge in [0.05, 0.1) is 26.4 Å². The zero-order chi connectivity index (χ0) is 75.3. The molecule has 0 spiro atoms. The zero-order valence-corrected chi connectivity index (χ0v) is 69.0. The van der Waals surface area contributed by atoms with Crippen LogP contribution in [-0.2, 0) is 65.4 Å². The lowest BCUT2D eigenvalue weighted by Crippen LogP contribution is -2.30. The molecule has 0 aliphatic heterocycles. The summed E-state index contributed by atoms with van der Waals surface area (Å²) in [6.07, 6.45) is 59.8. The summed E-state index contributed by atoms with van der Waals surface area (Å²) in [5, 5.41) is 10.7. The fraction of sp³-hybridized carbons (Fsp3) is 0.952. The molecule has 0 saturated carbocycles. The number of esters is 4. The molecule has 0 rings (SSSR count). The van der Waals surface area contributed by atoms with E-state index in [-0.39, 0.29) is 25.7 Å². The Labute approximate surface area is 626 Å². The van der Waals surface area contributed by atoms with Gasteiger partial charge in [0.15, 0.2) is 12.2 Å². The maximum absolute atomic E-state index is 13.1. The van der Waals surface area contributed by atoms with E-state index in [2.05, 4.69) is 55.4 Å². The molecule has 0 aromatic carbocycles. The first-order valence-corrected chi connectivity index (χ1v) is 45.7. The highest BCUT2D eigenvalue weighted by atomic mass is 31.2. The molecule has 2 unspecified atom stereocenters. The van der Waals surface area contributed by atoms with Gasteiger partial charge in [-0.3, -0.25) is 37.3 Å². The molecule has 0 aliphatic carbocycles. The predicted molar refractivity (Wildman–Crippen MR) is 418 cm³/mol. The Morgan fingerprint density at radius 1 is 0.245 bits per heavy atom. The van der Waals surface area contributed by atoms with Gasteiger partial charge >= 0.3 is 39.5 Å². The number of aliphatic hydroxyl groups excluding tert-OH is 1. The highest BCUT2D eigenvalue weighted by molar-refractivity contribution is 7.47. The fourth-order valence-electron chi connectivity index (χ4n) is 12.8. The predicted octanol–water partition coefficient (Wildman–Crippen LogP) is 24.8. The van der Waals surface area contributed by atoms with Gasteiger partial charge in [0.25, 0.3) is 0 Å². The van der Waals surface area contributed by atoms with Crippen LogP contribution in [0.2, 0.25) is 0 Å². The summed E-state index contributed by atoms with van der Waals surface area (Å²) >= 11 is 0. The smallest absolute Gasteiger partial charge is 0.462 e. The number of aliphatic hydroxyl groups is 1. The van der Waals surface area contributed by atoms with Gasteiger partial charge in [0, 0.05) is 25.7 Å². The Hall–Kier alpha value is -1.94. The average Bonchev–Trinajstić information content (AvgIpc) is 0.913. The minimum absolute atomic E-state index is 0.106. The van der Waals surface area contributed by atoms with E-state index in [1.54, 1.807) is 0 Å². The number of carbonyl (C=O) groups is 4. The highest BCUT2D eigenvalue weighted by Crippen LogP contribution is 2.45. The SMILES string of the molecule is CC(C)CCCCCCCCCCCCCCCCCCC(=O)O[C@H](COC(=O)CCCCCCCCCCCCCCCCCC(C)C)COP(=O)(O)OC[C@@H](O)COP(=O)(O)OC[C@@H](COC(=O)CCCCCCCCC(C)C)OC(=O)CCCCCCCCCCCCCCCC(C)C. The van der Waals surface area contributed by atoms with Gasteiger partial charge < -0.3 is 33.8 Å². The van der Waals surface area contributed by atoms with Crippen molar-refractivity contribution >= 4 is 39.5 Å². The van der Waals surface area contributed by atoms with Crippen molar-refractivity contribution in [1.82, 2.24) is 0 Å². The molecule has 0 aromatic rings. The van der Waals surface area contributed by atoms with E-state index in [0.717, 1.165) is 114 Å². The molecular weight excluding hydrogens is 1330 g/mol. The van der Waals surface area contributed by atoms with Crippen molar-refractivity contribution in [2.75, 3.05) is 39.6 Å². The summed E-state index contributed by atoms with van der Waals surface area (Å²) in [5.74, 6) is 0.969. The van der Waals surface area contributed by atoms with Gasteiger partial charge in [-0.05, 0) is 49.4 Å². The van der Waals surface area contributed by atoms with E-state index < -0.39 is 97.5 Å². The maximum atomic E-state index is 13.1. The second kappa shape index (κ2) is 72.0. The molecule has 17 nitrogen and oxygen atoms in total. The maximum Gasteiger partial charge on any atom is 0.472 e. The third-order valence-corrected chi connectivity index (χ3v) is 21.2. The first-order chi connectivity index (χ1) is 49.1. The number of phosphoric ester groups is 2. The number of unbranched alkanes of at least 4 members (excludes halogenated alkanes) is 46. The summed E-state index contributed by atoms with van der Waals surface area (Å²) in [4.78, 5) is 73.1. The third-order valence-electron chi connectivity index (χ3n) is 19.3. The molecular formula is C83H162O17P2. The topological polar surface area (TPSA) is 237 Å². The molecule has 0 heterocycles. The molecule has 0 saturated heterocycles. The molecule has 0 bridgehead atoms. The first kappa shape index (κ1) is 100. The van der Waals surface area contributed by atoms with Crippen molar-refractivity contribution in [3.05, 3.63) is 0 Å². The summed E-state index contributed by atoms with van der Waals surface area (Å²) < 4.78 is 68.8. The van der Waals surface area contributed by atoms with E-state index in [1.807, 2.05) is 0 Å². The molecule has 0 fully saturated rings. The van der Waals surface area contributed by atoms with Gasteiger partial charge in [-0.25, -0.2) is 9.13 Å². The lowest BCUT2D eigenvalue weighted by molar-refractivity contribution is -0.161. The zero-order valence-electron chi connectivity index (χ0n) is 67.2. The van der Waals surface area contributed by atoms with Crippen LogP contribution < -0.4 is 0 Å². The highest BCUT2D eigenvalue weighted by Gasteiger charge is 2.30. The molecule has 102 heavy (non-hydrogen) atoms. The molecule has 19 heteroatoms. The molecule has 5 atom stereocenters. The minimum atomic E-state index is -4.96. The van der Waals surface area contributed by atoms with Crippen LogP contribution >= 0.6 is 15.6 Å². The Morgan fingerprint density at radius 3 is 0.608 bits per heavy atom. The standard InChI is InChI=1S/C83H162O17P2/c1-73(2)59-51-43-35-29-23-17-12-9-10-14-21-27-33-39-49-57-65-82(87)99-78(69-93-80(85)63-55-47-38-32-26-20-15-11-13-18-24-30-36-44-52-60-74(3)4)71-97-101(89,90)95-67-77(84)68-96-102(91,92)98-72-79(70-94-81(86)64-56-48-42-41-46-54-62-76(7)8)100-83(88)66-58-50-40-34-28-22-16-19-25-31-37-45-53-61-75(5)6/h73-79,84H,9-72H2,1-8H3,(H,89,90)(H,91,92)/t77-,78-,79-/m1/s1. The van der Waals surface area contributed by atoms with Crippen LogP contribution in [0.15, 0.2) is 0 Å². The van der Waals surface area contributed by atoms with Crippen molar-refractivity contribution in [1.29, 1.82) is 0 Å². The number of carbonyl (C=O) groups excluding carboxylic acids is 4. The van der Waals surface area contributed by atoms with Crippen LogP contribution in [0.1, 0.15) is 428 Å². The van der Waals surface area contributed by atoms with Gasteiger partial charge in [0.2, 0.25) is 0 Å². The van der Waals surface area contributed by atoms with Crippen LogP contribution in [0.25, 0.3) is 0 Å². The van der Waals surface area contributed by atoms with Crippen LogP contribution in [0.4, 0.5) is 0 Å². The largest absolute Gasteiger partial charge is 0.472 e. The quantitative estimate of drug-likeness (QED) is 0.0222. The van der Waals surface area contributed by atoms with E-state index >= 15 is 0 Å². The number of hydrogen-bond donors (Lipinski definition) is 3. The second-order valence-corrected chi connectivity index (χ2v) is 34.7. The van der Waals surface area contributed by atoms with Crippen molar-refractivity contribution in [2.24, 2.45) is 23.7 Å². The molecule has 606 valence electrons. The monoisotopic (exact) mass is 1490 g/mol. The van der Waals surface area contributed by atoms with Gasteiger partial charge in [-0.15, -0.1) is 0 Å². The first-order valence-electron chi connectivity index (χ1n) is 42.7. The molecule has 0 radical (unpaired) electrons. The van der Waals surface area contributed by atoms with Crippen molar-refractivity contribution in [2.45, 2.75) is 446 Å². The van der Waals surface area contributed by atoms with E-state index in [4.69, 9.17) is 37.0 Å². The molecule has 0 aromatic heterocycles. The number of phosphoric acid groups is 2. The van der Waals surface area contributed by atoms with Crippen molar-refractivity contribution < 1.29 is 80.2 Å². The lowest BCUT2D eigenvalue weighted by atomic mass is 10.0. The van der Waals surface area contributed by atoms with E-state index in [0.29, 0.717) is 31.6 Å². The van der Waals surface area contributed by atoms with Crippen LogP contribution in [0.3, 0.4) is 0 Å². The Kier molecular flexibility index (Phi) is 70.6. The van der Waals surface area contributed by atoms with Crippen molar-refractivity contribution in [3.63, 3.8) is 0 Å². The van der Waals surface area contributed by atoms with Crippen LogP contribution in [0.5, 0.6) is 0 Å². The Morgan fingerprint density at radius 2 is 0.412 bits per heavy atom. The van der Waals surface area contributed by atoms with E-state index in [1.165, 1.54) is 225 Å². The Balaban J connectivity index is 5.23. The van der Waals surface area contributed by atoms with Gasteiger partial charge in [-0.1, -0.05) is 376 Å². The average molecular weight is 1490 g/mol. The lowest BCUT2D eigenvalue weighted by Gasteiger charge is -2.21. The summed E-state index contributed by atoms with van der Waals surface area (Å²) in [7, 11) is -9.92. The summed E-state index contributed by atoms with van der Waals surface area (Å²) in [5.41, 5.74) is 0. The van der Waals surface area contributed by atoms with E-state index in [9.17, 15) is 43.2 Å². The summed E-state index contributed by atoms with van der Waals surface area (Å²) in [6.45, 7) is 14.3. The Bertz CT molecular complexity index is 1990. The summed E-state index contributed by atoms with van der Waals surface area (Å²) in [6, 6.07) is 0. The molecule has 0 aliphatic rings. The van der Waals surface area contributed by atoms with Crippen LogP contribution in [-0.4, -0.2) is 96.7 Å². The molecule has 3 N–H and O–H groups in total. The van der Waals surface area contributed by atoms with Crippen molar-refractivity contribution in [3.8, 4) is 0 Å². The minimum Gasteiger partial charge on any atom is -0.462 e. The second-order valence-electron chi connectivity index (χ2n) is 31.8. The number of hydrogen-bond acceptors (Lipinski definition) is 15. The van der Waals surface area contributed by atoms with Crippen LogP contribution in [0, 0.1) is 23.7 Å². The van der Waals surface area contributed by atoms with Gasteiger partial charge in [0.1, 0.15) is 19.3 Å². The number of ether oxygens (including phenoxy) is 4. The normalized spacial score (nSPS) is 14.0. The third kappa shape index (κ3) is 76.3.